The Bertz CT molecular complexity index is 855. The molecule has 0 spiro atoms. The number of hydrogen-bond acceptors (Lipinski definition) is 3. The highest BCUT2D eigenvalue weighted by molar-refractivity contribution is 7.09. The fourth-order valence-electron chi connectivity index (χ4n) is 2.70. The molecular formula is C21H22N2OS. The molecule has 2 aromatic carbocycles. The summed E-state index contributed by atoms with van der Waals surface area (Å²) in [5.74, 6) is 0.439. The Labute approximate surface area is 153 Å². The van der Waals surface area contributed by atoms with Gasteiger partial charge in [0, 0.05) is 23.9 Å². The summed E-state index contributed by atoms with van der Waals surface area (Å²) in [6.45, 7) is 4.24. The first-order valence-corrected chi connectivity index (χ1v) is 9.29. The number of rotatable bonds is 5. The van der Waals surface area contributed by atoms with Gasteiger partial charge in [0.15, 0.2) is 0 Å². The second kappa shape index (κ2) is 7.62. The molecule has 0 aliphatic carbocycles. The van der Waals surface area contributed by atoms with Crippen LogP contribution in [0.25, 0.3) is 11.1 Å². The van der Waals surface area contributed by atoms with Gasteiger partial charge < -0.3 is 4.90 Å². The molecule has 3 nitrogen and oxygen atoms in total. The summed E-state index contributed by atoms with van der Waals surface area (Å²) in [4.78, 5) is 19.1. The van der Waals surface area contributed by atoms with Crippen LogP contribution in [0.3, 0.4) is 0 Å². The molecular weight excluding hydrogens is 328 g/mol. The average Bonchev–Trinajstić information content (AvgIpc) is 3.10. The summed E-state index contributed by atoms with van der Waals surface area (Å²) in [6.07, 6.45) is 0.322. The molecule has 1 aromatic heterocycles. The van der Waals surface area contributed by atoms with Gasteiger partial charge in [-0.15, -0.1) is 11.3 Å². The molecule has 128 valence electrons. The Morgan fingerprint density at radius 1 is 1.08 bits per heavy atom. The zero-order chi connectivity index (χ0) is 17.8. The molecule has 0 aliphatic rings. The van der Waals surface area contributed by atoms with Crippen molar-refractivity contribution < 1.29 is 4.79 Å². The van der Waals surface area contributed by atoms with E-state index in [9.17, 15) is 4.79 Å². The Balaban J connectivity index is 1.83. The lowest BCUT2D eigenvalue weighted by Crippen LogP contribution is -2.28. The molecule has 3 aromatic rings. The van der Waals surface area contributed by atoms with Crippen molar-refractivity contribution in [2.24, 2.45) is 0 Å². The second-order valence-electron chi connectivity index (χ2n) is 6.34. The van der Waals surface area contributed by atoms with Gasteiger partial charge in [0.25, 0.3) is 0 Å². The van der Waals surface area contributed by atoms with E-state index >= 15 is 0 Å². The van der Waals surface area contributed by atoms with E-state index in [1.807, 2.05) is 54.9 Å². The summed E-state index contributed by atoms with van der Waals surface area (Å²) >= 11 is 1.63. The largest absolute Gasteiger partial charge is 0.315 e. The van der Waals surface area contributed by atoms with E-state index < -0.39 is 0 Å². The van der Waals surface area contributed by atoms with Crippen LogP contribution in [0.15, 0.2) is 60.0 Å². The number of thiazole rings is 1. The number of carbonyl (C=O) groups is 1. The van der Waals surface area contributed by atoms with E-state index in [4.69, 9.17) is 0 Å². The predicted octanol–water partition coefficient (Wildman–Crippen LogP) is 5.14. The van der Waals surface area contributed by atoms with Gasteiger partial charge in [-0.1, -0.05) is 62.4 Å². The van der Waals surface area contributed by atoms with Gasteiger partial charge in [0.05, 0.1) is 22.8 Å². The molecule has 0 radical (unpaired) electrons. The van der Waals surface area contributed by atoms with E-state index in [0.717, 1.165) is 27.5 Å². The Morgan fingerprint density at radius 2 is 1.76 bits per heavy atom. The monoisotopic (exact) mass is 350 g/mol. The van der Waals surface area contributed by atoms with Crippen molar-refractivity contribution in [2.45, 2.75) is 26.2 Å². The number of aromatic nitrogens is 1. The number of anilines is 1. The van der Waals surface area contributed by atoms with Gasteiger partial charge in [0.1, 0.15) is 0 Å². The molecule has 0 unspecified atom stereocenters. The van der Waals surface area contributed by atoms with Crippen LogP contribution in [0.4, 0.5) is 5.69 Å². The lowest BCUT2D eigenvalue weighted by molar-refractivity contribution is -0.117. The van der Waals surface area contributed by atoms with Gasteiger partial charge in [-0.25, -0.2) is 4.98 Å². The highest BCUT2D eigenvalue weighted by Crippen LogP contribution is 2.30. The highest BCUT2D eigenvalue weighted by atomic mass is 32.1. The van der Waals surface area contributed by atoms with E-state index in [2.05, 4.69) is 31.0 Å². The van der Waals surface area contributed by atoms with E-state index in [1.54, 1.807) is 16.2 Å². The van der Waals surface area contributed by atoms with Crippen LogP contribution in [0.1, 0.15) is 30.5 Å². The lowest BCUT2D eigenvalue weighted by Gasteiger charge is -2.20. The number of amides is 1. The van der Waals surface area contributed by atoms with Crippen LogP contribution in [0, 0.1) is 0 Å². The number of nitrogens with zero attached hydrogens (tertiary/aromatic N) is 2. The van der Waals surface area contributed by atoms with Crippen molar-refractivity contribution in [3.8, 4) is 11.1 Å². The number of likely N-dealkylation sites (N-methyl/N-ethyl adjacent to an activating group) is 1. The van der Waals surface area contributed by atoms with Crippen molar-refractivity contribution in [2.75, 3.05) is 11.9 Å². The third-order valence-electron chi connectivity index (χ3n) is 4.12. The molecule has 3 rings (SSSR count). The predicted molar refractivity (Wildman–Crippen MR) is 105 cm³/mol. The Morgan fingerprint density at radius 3 is 2.44 bits per heavy atom. The normalized spacial score (nSPS) is 10.9. The molecule has 0 saturated carbocycles. The van der Waals surface area contributed by atoms with Crippen LogP contribution >= 0.6 is 11.3 Å². The van der Waals surface area contributed by atoms with Crippen LogP contribution in [0.2, 0.25) is 0 Å². The average molecular weight is 350 g/mol. The maximum absolute atomic E-state index is 12.8. The van der Waals surface area contributed by atoms with Crippen molar-refractivity contribution in [1.29, 1.82) is 0 Å². The zero-order valence-corrected chi connectivity index (χ0v) is 15.6. The van der Waals surface area contributed by atoms with Crippen LogP contribution in [-0.2, 0) is 11.2 Å². The van der Waals surface area contributed by atoms with Gasteiger partial charge >= 0.3 is 0 Å². The maximum atomic E-state index is 12.8. The van der Waals surface area contributed by atoms with Crippen molar-refractivity contribution in [3.63, 3.8) is 0 Å². The smallest absolute Gasteiger partial charge is 0.232 e. The molecule has 25 heavy (non-hydrogen) atoms. The van der Waals surface area contributed by atoms with Crippen LogP contribution in [0.5, 0.6) is 0 Å². The SMILES string of the molecule is CC(C)c1nc(CC(=O)N(C)c2ccccc2-c2ccccc2)cs1. The van der Waals surface area contributed by atoms with Crippen LogP contribution in [-0.4, -0.2) is 17.9 Å². The number of hydrogen-bond donors (Lipinski definition) is 0. The lowest BCUT2D eigenvalue weighted by atomic mass is 10.0. The molecule has 0 aliphatic heterocycles. The maximum Gasteiger partial charge on any atom is 0.232 e. The van der Waals surface area contributed by atoms with Gasteiger partial charge in [0.2, 0.25) is 5.91 Å². The van der Waals surface area contributed by atoms with E-state index in [0.29, 0.717) is 12.3 Å². The van der Waals surface area contributed by atoms with Crippen molar-refractivity contribution in [1.82, 2.24) is 4.98 Å². The third kappa shape index (κ3) is 3.97. The number of para-hydroxylation sites is 1. The first-order valence-electron chi connectivity index (χ1n) is 8.41. The summed E-state index contributed by atoms with van der Waals surface area (Å²) in [6, 6.07) is 18.1. The summed E-state index contributed by atoms with van der Waals surface area (Å²) in [5, 5.41) is 3.07. The summed E-state index contributed by atoms with van der Waals surface area (Å²) in [5.41, 5.74) is 3.93. The standard InChI is InChI=1S/C21H22N2OS/c1-15(2)21-22-17(14-25-21)13-20(24)23(3)19-12-8-7-11-18(19)16-9-5-4-6-10-16/h4-12,14-15H,13H2,1-3H3. The Kier molecular flexibility index (Phi) is 5.29. The number of carbonyl (C=O) groups excluding carboxylic acids is 1. The summed E-state index contributed by atoms with van der Waals surface area (Å²) < 4.78 is 0. The molecule has 0 N–H and O–H groups in total. The summed E-state index contributed by atoms with van der Waals surface area (Å²) in [7, 11) is 1.83. The minimum atomic E-state index is 0.0454. The van der Waals surface area contributed by atoms with Gasteiger partial charge in [-0.05, 0) is 11.6 Å². The Hall–Kier alpha value is -2.46. The highest BCUT2D eigenvalue weighted by Gasteiger charge is 2.17. The fourth-order valence-corrected chi connectivity index (χ4v) is 3.54. The first kappa shape index (κ1) is 17.4. The fraction of sp³-hybridized carbons (Fsp3) is 0.238. The number of benzene rings is 2. The quantitative estimate of drug-likeness (QED) is 0.638. The second-order valence-corrected chi connectivity index (χ2v) is 7.23. The molecule has 0 bridgehead atoms. The molecule has 0 fully saturated rings. The van der Waals surface area contributed by atoms with Crippen molar-refractivity contribution in [3.05, 3.63) is 70.7 Å². The molecule has 1 heterocycles. The van der Waals surface area contributed by atoms with Gasteiger partial charge in [-0.2, -0.15) is 0 Å². The first-order chi connectivity index (χ1) is 12.1. The van der Waals surface area contributed by atoms with E-state index in [1.165, 1.54) is 0 Å². The van der Waals surface area contributed by atoms with E-state index in [-0.39, 0.29) is 5.91 Å². The van der Waals surface area contributed by atoms with Gasteiger partial charge in [-0.3, -0.25) is 4.79 Å². The zero-order valence-electron chi connectivity index (χ0n) is 14.8. The minimum Gasteiger partial charge on any atom is -0.315 e. The minimum absolute atomic E-state index is 0.0454. The molecule has 0 atom stereocenters. The van der Waals surface area contributed by atoms with Crippen LogP contribution < -0.4 is 4.90 Å². The molecule has 1 amide bonds. The topological polar surface area (TPSA) is 33.2 Å². The van der Waals surface area contributed by atoms with Crippen molar-refractivity contribution >= 4 is 22.9 Å². The molecule has 0 saturated heterocycles. The third-order valence-corrected chi connectivity index (χ3v) is 5.31. The molecule has 4 heteroatoms.